The number of fused-ring (bicyclic) bond motifs is 1. The van der Waals surface area contributed by atoms with Crippen LogP contribution in [0.5, 0.6) is 0 Å². The van der Waals surface area contributed by atoms with Crippen LogP contribution in [0, 0.1) is 0 Å². The Balaban J connectivity index is 1.69. The van der Waals surface area contributed by atoms with E-state index in [2.05, 4.69) is 41.4 Å². The fourth-order valence-electron chi connectivity index (χ4n) is 3.27. The normalized spacial score (nSPS) is 11.6. The molecule has 0 radical (unpaired) electrons. The molecule has 2 heterocycles. The quantitative estimate of drug-likeness (QED) is 0.348. The molecule has 8 heteroatoms. The second kappa shape index (κ2) is 8.14. The van der Waals surface area contributed by atoms with Gasteiger partial charge in [-0.3, -0.25) is 0 Å². The maximum atomic E-state index is 5.93. The zero-order valence-electron chi connectivity index (χ0n) is 18.1. The van der Waals surface area contributed by atoms with Gasteiger partial charge in [0.1, 0.15) is 0 Å². The molecule has 0 fully saturated rings. The van der Waals surface area contributed by atoms with Crippen molar-refractivity contribution in [3.8, 4) is 0 Å². The number of aryl methyl sites for hydroxylation is 2. The highest BCUT2D eigenvalue weighted by molar-refractivity contribution is 5.86. The topological polar surface area (TPSA) is 120 Å². The third-order valence-corrected chi connectivity index (χ3v) is 4.72. The molecule has 6 N–H and O–H groups in total. The smallest absolute Gasteiger partial charge is 0.227 e. The van der Waals surface area contributed by atoms with Crippen LogP contribution in [0.1, 0.15) is 26.3 Å². The van der Waals surface area contributed by atoms with Crippen molar-refractivity contribution >= 4 is 40.0 Å². The molecule has 2 aromatic carbocycles. The van der Waals surface area contributed by atoms with Crippen LogP contribution in [0.25, 0.3) is 11.2 Å². The van der Waals surface area contributed by atoms with Crippen molar-refractivity contribution in [1.29, 1.82) is 0 Å². The third kappa shape index (κ3) is 5.03. The number of hydrogen-bond donors (Lipinski definition) is 4. The number of rotatable bonds is 6. The molecule has 0 aliphatic heterocycles. The van der Waals surface area contributed by atoms with Gasteiger partial charge in [-0.05, 0) is 63.1 Å². The van der Waals surface area contributed by atoms with E-state index in [0.29, 0.717) is 23.0 Å². The number of nitrogen functional groups attached to an aromatic ring is 2. The number of anilines is 5. The van der Waals surface area contributed by atoms with E-state index >= 15 is 0 Å². The van der Waals surface area contributed by atoms with Gasteiger partial charge in [-0.15, -0.1) is 0 Å². The van der Waals surface area contributed by atoms with Crippen LogP contribution < -0.4 is 22.1 Å². The van der Waals surface area contributed by atoms with Gasteiger partial charge in [0, 0.05) is 29.1 Å². The first kappa shape index (κ1) is 20.5. The predicted molar refractivity (Wildman–Crippen MR) is 127 cm³/mol. The Morgan fingerprint density at radius 1 is 0.968 bits per heavy atom. The fourth-order valence-corrected chi connectivity index (χ4v) is 3.27. The molecule has 0 aliphatic rings. The van der Waals surface area contributed by atoms with E-state index in [4.69, 9.17) is 16.5 Å². The van der Waals surface area contributed by atoms with Crippen LogP contribution in [0.3, 0.4) is 0 Å². The maximum Gasteiger partial charge on any atom is 0.227 e. The summed E-state index contributed by atoms with van der Waals surface area (Å²) in [5.41, 5.74) is 16.5. The fraction of sp³-hybridized carbons (Fsp3) is 0.261. The van der Waals surface area contributed by atoms with Gasteiger partial charge in [0.2, 0.25) is 5.95 Å². The molecule has 0 spiro atoms. The summed E-state index contributed by atoms with van der Waals surface area (Å²) < 4.78 is 2.05. The average molecular weight is 417 g/mol. The lowest BCUT2D eigenvalue weighted by Gasteiger charge is -2.21. The van der Waals surface area contributed by atoms with Gasteiger partial charge in [0.15, 0.2) is 17.0 Å². The zero-order chi connectivity index (χ0) is 22.0. The van der Waals surface area contributed by atoms with Crippen molar-refractivity contribution in [3.63, 3.8) is 0 Å². The van der Waals surface area contributed by atoms with Crippen LogP contribution in [-0.2, 0) is 13.0 Å². The van der Waals surface area contributed by atoms with Crippen molar-refractivity contribution in [1.82, 2.24) is 19.5 Å². The van der Waals surface area contributed by atoms with Crippen molar-refractivity contribution in [2.45, 2.75) is 39.3 Å². The van der Waals surface area contributed by atoms with E-state index < -0.39 is 0 Å². The van der Waals surface area contributed by atoms with E-state index in [0.717, 1.165) is 30.0 Å². The van der Waals surface area contributed by atoms with E-state index in [9.17, 15) is 0 Å². The average Bonchev–Trinajstić information content (AvgIpc) is 3.09. The molecular weight excluding hydrogens is 388 g/mol. The van der Waals surface area contributed by atoms with Crippen LogP contribution in [0.2, 0.25) is 0 Å². The van der Waals surface area contributed by atoms with Crippen LogP contribution in [0.4, 0.5) is 28.8 Å². The number of hydrogen-bond acceptors (Lipinski definition) is 7. The van der Waals surface area contributed by atoms with Crippen molar-refractivity contribution in [2.24, 2.45) is 0 Å². The summed E-state index contributed by atoms with van der Waals surface area (Å²) in [4.78, 5) is 14.0. The number of imidazole rings is 1. The Morgan fingerprint density at radius 2 is 1.74 bits per heavy atom. The highest BCUT2D eigenvalue weighted by Crippen LogP contribution is 2.26. The van der Waals surface area contributed by atoms with Crippen molar-refractivity contribution in [2.75, 3.05) is 22.1 Å². The molecule has 4 aromatic rings. The highest BCUT2D eigenvalue weighted by atomic mass is 15.2. The number of nitrogens with zero attached hydrogens (tertiary/aromatic N) is 4. The number of nitrogens with two attached hydrogens (primary N) is 2. The molecule has 8 nitrogen and oxygen atoms in total. The largest absolute Gasteiger partial charge is 0.399 e. The summed E-state index contributed by atoms with van der Waals surface area (Å²) in [5.74, 6) is 1.18. The molecule has 0 aliphatic carbocycles. The molecule has 0 saturated heterocycles. The Hall–Kier alpha value is -3.81. The minimum absolute atomic E-state index is 0.184. The summed E-state index contributed by atoms with van der Waals surface area (Å²) in [7, 11) is 0. The van der Waals surface area contributed by atoms with Gasteiger partial charge in [0.05, 0.1) is 6.33 Å². The minimum Gasteiger partial charge on any atom is -0.399 e. The van der Waals surface area contributed by atoms with E-state index in [1.165, 1.54) is 5.56 Å². The van der Waals surface area contributed by atoms with Crippen molar-refractivity contribution < 1.29 is 0 Å². The lowest BCUT2D eigenvalue weighted by atomic mass is 10.1. The van der Waals surface area contributed by atoms with Crippen LogP contribution in [0.15, 0.2) is 54.9 Å². The van der Waals surface area contributed by atoms with E-state index in [-0.39, 0.29) is 5.54 Å². The number of aromatic nitrogens is 4. The third-order valence-electron chi connectivity index (χ3n) is 4.72. The summed E-state index contributed by atoms with van der Waals surface area (Å²) in [6, 6.07) is 15.5. The SMILES string of the molecule is CC(C)(C)Nc1nc(Nc2cccc(N)c2)c2ncn(CCc3ccc(N)cc3)c2n1. The lowest BCUT2D eigenvalue weighted by molar-refractivity contribution is 0.626. The van der Waals surface area contributed by atoms with Gasteiger partial charge in [-0.2, -0.15) is 9.97 Å². The monoisotopic (exact) mass is 416 g/mol. The summed E-state index contributed by atoms with van der Waals surface area (Å²) in [6.45, 7) is 6.96. The number of nitrogens with one attached hydrogen (secondary N) is 2. The highest BCUT2D eigenvalue weighted by Gasteiger charge is 2.17. The molecule has 4 rings (SSSR count). The van der Waals surface area contributed by atoms with E-state index in [1.54, 1.807) is 0 Å². The molecule has 0 unspecified atom stereocenters. The van der Waals surface area contributed by atoms with E-state index in [1.807, 2.05) is 59.4 Å². The first-order chi connectivity index (χ1) is 14.8. The van der Waals surface area contributed by atoms with Crippen LogP contribution in [-0.4, -0.2) is 25.1 Å². The van der Waals surface area contributed by atoms with Crippen molar-refractivity contribution in [3.05, 3.63) is 60.4 Å². The molecule has 0 amide bonds. The molecule has 31 heavy (non-hydrogen) atoms. The minimum atomic E-state index is -0.184. The Kier molecular flexibility index (Phi) is 5.37. The molecule has 160 valence electrons. The number of benzene rings is 2. The Bertz CT molecular complexity index is 1190. The van der Waals surface area contributed by atoms with Gasteiger partial charge >= 0.3 is 0 Å². The Labute approximate surface area is 181 Å². The first-order valence-electron chi connectivity index (χ1n) is 10.2. The summed E-state index contributed by atoms with van der Waals surface area (Å²) >= 11 is 0. The molecule has 0 atom stereocenters. The molecular formula is C23H28N8. The van der Waals surface area contributed by atoms with Gasteiger partial charge in [0.25, 0.3) is 0 Å². The maximum absolute atomic E-state index is 5.93. The second-order valence-corrected chi connectivity index (χ2v) is 8.62. The first-order valence-corrected chi connectivity index (χ1v) is 10.2. The molecule has 0 saturated carbocycles. The Morgan fingerprint density at radius 3 is 2.45 bits per heavy atom. The standard InChI is InChI=1S/C23H28N8/c1-23(2,3)30-22-28-20(27-18-6-4-5-17(25)13-18)19-21(29-22)31(14-26-19)12-11-15-7-9-16(24)10-8-15/h4-10,13-14H,11-12,24-25H2,1-3H3,(H2,27,28,29,30). The molecule has 2 aromatic heterocycles. The summed E-state index contributed by atoms with van der Waals surface area (Å²) in [5, 5.41) is 6.71. The van der Waals surface area contributed by atoms with Crippen LogP contribution >= 0.6 is 0 Å². The second-order valence-electron chi connectivity index (χ2n) is 8.62. The van der Waals surface area contributed by atoms with Gasteiger partial charge < -0.3 is 26.7 Å². The van der Waals surface area contributed by atoms with Gasteiger partial charge in [-0.1, -0.05) is 18.2 Å². The predicted octanol–water partition coefficient (Wildman–Crippen LogP) is 4.19. The van der Waals surface area contributed by atoms with Gasteiger partial charge in [-0.25, -0.2) is 4.98 Å². The lowest BCUT2D eigenvalue weighted by Crippen LogP contribution is -2.27. The zero-order valence-corrected chi connectivity index (χ0v) is 18.1. The molecule has 0 bridgehead atoms. The summed E-state index contributed by atoms with van der Waals surface area (Å²) in [6.07, 6.45) is 2.65.